The summed E-state index contributed by atoms with van der Waals surface area (Å²) in [4.78, 5) is 0. The first kappa shape index (κ1) is 48.6. The normalized spacial score (nSPS) is 11.4. The van der Waals surface area contributed by atoms with Crippen LogP contribution in [0, 0.1) is 0 Å². The molecule has 0 saturated heterocycles. The lowest BCUT2D eigenvalue weighted by atomic mass is 10.0. The summed E-state index contributed by atoms with van der Waals surface area (Å²) in [5, 5.41) is 17.2. The molecular weight excluding hydrogens is 769 g/mol. The fourth-order valence-electron chi connectivity index (χ4n) is 8.03. The molecule has 0 aliphatic rings. The van der Waals surface area contributed by atoms with Crippen LogP contribution in [0.15, 0.2) is 81.6 Å². The Labute approximate surface area is 374 Å². The van der Waals surface area contributed by atoms with E-state index >= 15 is 0 Å². The summed E-state index contributed by atoms with van der Waals surface area (Å²) >= 11 is 0. The minimum absolute atomic E-state index is 0.447. The van der Waals surface area contributed by atoms with Crippen molar-refractivity contribution in [1.29, 1.82) is 0 Å². The van der Waals surface area contributed by atoms with Crippen molar-refractivity contribution in [2.45, 2.75) is 194 Å². The molecule has 0 fully saturated rings. The van der Waals surface area contributed by atoms with E-state index in [2.05, 4.69) is 34.2 Å². The van der Waals surface area contributed by atoms with Gasteiger partial charge in [0.1, 0.15) is 11.5 Å². The van der Waals surface area contributed by atoms with Gasteiger partial charge in [-0.05, 0) is 85.6 Å². The maximum atomic E-state index is 6.05. The summed E-state index contributed by atoms with van der Waals surface area (Å²) in [7, 11) is 0. The first-order valence-corrected chi connectivity index (χ1v) is 25.0. The molecule has 5 rings (SSSR count). The summed E-state index contributed by atoms with van der Waals surface area (Å²) in [6.07, 6.45) is 37.9. The molecule has 0 bridgehead atoms. The van der Waals surface area contributed by atoms with Gasteiger partial charge in [0.2, 0.25) is 23.6 Å². The van der Waals surface area contributed by atoms with Gasteiger partial charge < -0.3 is 18.3 Å². The van der Waals surface area contributed by atoms with Gasteiger partial charge in [-0.2, -0.15) is 0 Å². The van der Waals surface area contributed by atoms with Gasteiger partial charge in [0, 0.05) is 22.3 Å². The van der Waals surface area contributed by atoms with Gasteiger partial charge in [-0.3, -0.25) is 0 Å². The van der Waals surface area contributed by atoms with Gasteiger partial charge >= 0.3 is 0 Å². The van der Waals surface area contributed by atoms with E-state index in [4.69, 9.17) is 18.3 Å². The van der Waals surface area contributed by atoms with Crippen LogP contribution in [0.4, 0.5) is 0 Å². The Kier molecular flexibility index (Phi) is 23.9. The maximum Gasteiger partial charge on any atom is 0.248 e. The zero-order valence-electron chi connectivity index (χ0n) is 38.6. The molecule has 0 amide bonds. The molecule has 5 aromatic rings. The van der Waals surface area contributed by atoms with Crippen molar-refractivity contribution in [3.63, 3.8) is 0 Å². The average molecular weight is 847 g/mol. The standard InChI is InChI=1S/C54H78N4O4/c1-3-5-7-9-11-13-15-17-19-21-23-25-27-29-43-59-49-39-35-47(36-40-49)53-57-55-51(61-53)45-31-33-46(34-32-45)52-56-58-54(62-52)48-37-41-50(42-38-48)60-44-30-28-26-24-22-20-18-16-14-12-10-8-6-4-2/h31-42H,3-30,43-44H2,1-2H3. The Bertz CT molecular complexity index is 1700. The van der Waals surface area contributed by atoms with Crippen molar-refractivity contribution in [1.82, 2.24) is 20.4 Å². The van der Waals surface area contributed by atoms with Crippen molar-refractivity contribution in [3.8, 4) is 57.3 Å². The molecule has 2 aromatic heterocycles. The second-order valence-electron chi connectivity index (χ2n) is 17.3. The highest BCUT2D eigenvalue weighted by Gasteiger charge is 2.14. The lowest BCUT2D eigenvalue weighted by molar-refractivity contribution is 0.304. The number of benzene rings is 3. The smallest absolute Gasteiger partial charge is 0.248 e. The predicted molar refractivity (Wildman–Crippen MR) is 256 cm³/mol. The number of rotatable bonds is 36. The highest BCUT2D eigenvalue weighted by atomic mass is 16.5. The Balaban J connectivity index is 0.924. The van der Waals surface area contributed by atoms with Crippen LogP contribution in [0.5, 0.6) is 11.5 Å². The third kappa shape index (κ3) is 18.9. The van der Waals surface area contributed by atoms with Crippen molar-refractivity contribution in [2.24, 2.45) is 0 Å². The highest BCUT2D eigenvalue weighted by Crippen LogP contribution is 2.30. The third-order valence-corrected chi connectivity index (χ3v) is 12.0. The quantitative estimate of drug-likeness (QED) is 0.0368. The van der Waals surface area contributed by atoms with Gasteiger partial charge in [-0.25, -0.2) is 0 Å². The Morgan fingerprint density at radius 2 is 0.500 bits per heavy atom. The van der Waals surface area contributed by atoms with Gasteiger partial charge in [-0.15, -0.1) is 20.4 Å². The first-order chi connectivity index (χ1) is 30.7. The second kappa shape index (κ2) is 30.6. The Morgan fingerprint density at radius 1 is 0.290 bits per heavy atom. The number of hydrogen-bond donors (Lipinski definition) is 0. The topological polar surface area (TPSA) is 96.3 Å². The summed E-state index contributed by atoms with van der Waals surface area (Å²) in [6.45, 7) is 6.05. The molecule has 2 heterocycles. The molecule has 0 spiro atoms. The molecule has 0 saturated carbocycles. The lowest BCUT2D eigenvalue weighted by Crippen LogP contribution is -1.97. The van der Waals surface area contributed by atoms with E-state index in [1.807, 2.05) is 72.8 Å². The summed E-state index contributed by atoms with van der Waals surface area (Å²) in [5.74, 6) is 3.55. The maximum absolute atomic E-state index is 6.05. The van der Waals surface area contributed by atoms with Crippen LogP contribution >= 0.6 is 0 Å². The summed E-state index contributed by atoms with van der Waals surface area (Å²) in [6, 6.07) is 23.5. The van der Waals surface area contributed by atoms with Gasteiger partial charge in [0.25, 0.3) is 0 Å². The van der Waals surface area contributed by atoms with Crippen LogP contribution in [-0.4, -0.2) is 33.6 Å². The largest absolute Gasteiger partial charge is 0.494 e. The molecule has 62 heavy (non-hydrogen) atoms. The zero-order chi connectivity index (χ0) is 43.1. The van der Waals surface area contributed by atoms with Crippen molar-refractivity contribution in [3.05, 3.63) is 72.8 Å². The number of aromatic nitrogens is 4. The van der Waals surface area contributed by atoms with Gasteiger partial charge in [0.15, 0.2) is 0 Å². The van der Waals surface area contributed by atoms with E-state index in [1.165, 1.54) is 167 Å². The predicted octanol–water partition coefficient (Wildman–Crippen LogP) is 16.8. The third-order valence-electron chi connectivity index (χ3n) is 12.0. The van der Waals surface area contributed by atoms with Crippen LogP contribution < -0.4 is 9.47 Å². The van der Waals surface area contributed by atoms with Crippen LogP contribution in [-0.2, 0) is 0 Å². The molecule has 338 valence electrons. The van der Waals surface area contributed by atoms with Crippen molar-refractivity contribution in [2.75, 3.05) is 13.2 Å². The van der Waals surface area contributed by atoms with E-state index in [0.29, 0.717) is 23.6 Å². The van der Waals surface area contributed by atoms with Crippen molar-refractivity contribution >= 4 is 0 Å². The molecule has 0 radical (unpaired) electrons. The van der Waals surface area contributed by atoms with E-state index in [1.54, 1.807) is 0 Å². The molecule has 0 unspecified atom stereocenters. The average Bonchev–Trinajstić information content (AvgIpc) is 4.01. The van der Waals surface area contributed by atoms with E-state index in [0.717, 1.165) is 59.8 Å². The van der Waals surface area contributed by atoms with Gasteiger partial charge in [0.05, 0.1) is 13.2 Å². The molecule has 0 atom stereocenters. The molecule has 3 aromatic carbocycles. The molecule has 8 heteroatoms. The molecule has 0 aliphatic heterocycles. The van der Waals surface area contributed by atoms with E-state index in [9.17, 15) is 0 Å². The molecular formula is C54H78N4O4. The monoisotopic (exact) mass is 847 g/mol. The SMILES string of the molecule is CCCCCCCCCCCCCCCCOc1ccc(-c2nnc(-c3ccc(-c4nnc(-c5ccc(OCCCCCCCCCCCCCCCC)cc5)o4)cc3)o2)cc1. The number of unbranched alkanes of at least 4 members (excludes halogenated alkanes) is 26. The number of nitrogens with zero attached hydrogens (tertiary/aromatic N) is 4. The van der Waals surface area contributed by atoms with Crippen LogP contribution in [0.2, 0.25) is 0 Å². The zero-order valence-corrected chi connectivity index (χ0v) is 38.6. The Morgan fingerprint density at radius 3 is 0.742 bits per heavy atom. The van der Waals surface area contributed by atoms with Gasteiger partial charge in [-0.1, -0.05) is 181 Å². The Hall–Kier alpha value is -4.46. The van der Waals surface area contributed by atoms with E-state index in [-0.39, 0.29) is 0 Å². The van der Waals surface area contributed by atoms with Crippen LogP contribution in [0.3, 0.4) is 0 Å². The number of ether oxygens (including phenoxy) is 2. The molecule has 0 N–H and O–H groups in total. The number of hydrogen-bond acceptors (Lipinski definition) is 8. The fraction of sp³-hybridized carbons (Fsp3) is 0.593. The minimum Gasteiger partial charge on any atom is -0.494 e. The second-order valence-corrected chi connectivity index (χ2v) is 17.3. The lowest BCUT2D eigenvalue weighted by Gasteiger charge is -2.07. The molecule has 0 aliphatic carbocycles. The van der Waals surface area contributed by atoms with Crippen LogP contribution in [0.25, 0.3) is 45.8 Å². The minimum atomic E-state index is 0.447. The molecule has 8 nitrogen and oxygen atoms in total. The van der Waals surface area contributed by atoms with E-state index < -0.39 is 0 Å². The summed E-state index contributed by atoms with van der Waals surface area (Å²) < 4.78 is 24.1. The van der Waals surface area contributed by atoms with Crippen molar-refractivity contribution < 1.29 is 18.3 Å². The highest BCUT2D eigenvalue weighted by molar-refractivity contribution is 5.64. The first-order valence-electron chi connectivity index (χ1n) is 25.0. The fourth-order valence-corrected chi connectivity index (χ4v) is 8.03. The summed E-state index contributed by atoms with van der Waals surface area (Å²) in [5.41, 5.74) is 3.33. The van der Waals surface area contributed by atoms with Crippen LogP contribution in [0.1, 0.15) is 194 Å².